The zero-order chi connectivity index (χ0) is 13.4. The van der Waals surface area contributed by atoms with E-state index < -0.39 is 0 Å². The summed E-state index contributed by atoms with van der Waals surface area (Å²) in [6.07, 6.45) is -0.0302. The first-order chi connectivity index (χ1) is 8.61. The number of ether oxygens (including phenoxy) is 3. The lowest BCUT2D eigenvalue weighted by atomic mass is 10.3. The van der Waals surface area contributed by atoms with Crippen molar-refractivity contribution in [3.05, 3.63) is 24.3 Å². The number of nitrogens with two attached hydrogens (primary N) is 1. The molecular weight excluding hydrogens is 234 g/mol. The molecule has 5 heteroatoms. The van der Waals surface area contributed by atoms with Crippen molar-refractivity contribution >= 4 is 11.7 Å². The van der Waals surface area contributed by atoms with Gasteiger partial charge in [0, 0.05) is 12.8 Å². The van der Waals surface area contributed by atoms with E-state index in [4.69, 9.17) is 19.9 Å². The zero-order valence-electron chi connectivity index (χ0n) is 10.7. The van der Waals surface area contributed by atoms with E-state index in [0.717, 1.165) is 0 Å². The van der Waals surface area contributed by atoms with Gasteiger partial charge in [-0.1, -0.05) is 0 Å². The minimum Gasteiger partial charge on any atom is -0.493 e. The molecule has 1 rings (SSSR count). The van der Waals surface area contributed by atoms with Crippen molar-refractivity contribution in [1.82, 2.24) is 0 Å². The molecule has 0 aliphatic heterocycles. The van der Waals surface area contributed by atoms with Gasteiger partial charge < -0.3 is 19.9 Å². The predicted molar refractivity (Wildman–Crippen MR) is 68.4 cm³/mol. The molecular formula is C13H19NO4. The second kappa shape index (κ2) is 7.55. The van der Waals surface area contributed by atoms with Gasteiger partial charge in [0.2, 0.25) is 0 Å². The lowest BCUT2D eigenvalue weighted by Gasteiger charge is -2.12. The quantitative estimate of drug-likeness (QED) is 0.590. The predicted octanol–water partition coefficient (Wildman–Crippen LogP) is 1.62. The summed E-state index contributed by atoms with van der Waals surface area (Å²) in [5, 5.41) is 0. The molecule has 18 heavy (non-hydrogen) atoms. The summed E-state index contributed by atoms with van der Waals surface area (Å²) in [5.74, 6) is 0.386. The molecule has 1 atom stereocenters. The zero-order valence-corrected chi connectivity index (χ0v) is 10.7. The summed E-state index contributed by atoms with van der Waals surface area (Å²) in [5.41, 5.74) is 6.22. The van der Waals surface area contributed by atoms with Gasteiger partial charge in [0.15, 0.2) is 0 Å². The Morgan fingerprint density at radius 1 is 1.33 bits per heavy atom. The maximum Gasteiger partial charge on any atom is 0.309 e. The molecule has 0 spiro atoms. The summed E-state index contributed by atoms with van der Waals surface area (Å²) in [7, 11) is 1.56. The first-order valence-corrected chi connectivity index (χ1v) is 5.78. The molecule has 0 aromatic heterocycles. The molecule has 0 bridgehead atoms. The van der Waals surface area contributed by atoms with Gasteiger partial charge in [0.05, 0.1) is 19.6 Å². The smallest absolute Gasteiger partial charge is 0.309 e. The highest BCUT2D eigenvalue weighted by atomic mass is 16.6. The van der Waals surface area contributed by atoms with Crippen molar-refractivity contribution in [3.8, 4) is 5.75 Å². The van der Waals surface area contributed by atoms with Crippen LogP contribution in [-0.2, 0) is 14.3 Å². The summed E-state index contributed by atoms with van der Waals surface area (Å²) < 4.78 is 15.3. The van der Waals surface area contributed by atoms with Gasteiger partial charge in [0.1, 0.15) is 11.9 Å². The molecule has 0 saturated heterocycles. The van der Waals surface area contributed by atoms with Crippen LogP contribution < -0.4 is 10.5 Å². The Morgan fingerprint density at radius 2 is 2.00 bits per heavy atom. The first-order valence-electron chi connectivity index (χ1n) is 5.78. The molecule has 0 fully saturated rings. The number of hydrogen-bond donors (Lipinski definition) is 1. The minimum atomic E-state index is -0.296. The van der Waals surface area contributed by atoms with E-state index in [1.807, 2.05) is 0 Å². The number of carbonyl (C=O) groups is 1. The number of anilines is 1. The lowest BCUT2D eigenvalue weighted by Crippen LogP contribution is -2.20. The molecule has 100 valence electrons. The van der Waals surface area contributed by atoms with Crippen LogP contribution in [0.3, 0.4) is 0 Å². The van der Waals surface area contributed by atoms with Crippen molar-refractivity contribution < 1.29 is 19.0 Å². The highest BCUT2D eigenvalue weighted by molar-refractivity contribution is 5.69. The van der Waals surface area contributed by atoms with E-state index in [9.17, 15) is 4.79 Å². The maximum absolute atomic E-state index is 11.4. The summed E-state index contributed by atoms with van der Waals surface area (Å²) in [4.78, 5) is 11.4. The second-order valence-electron chi connectivity index (χ2n) is 3.92. The number of hydrogen-bond acceptors (Lipinski definition) is 5. The average molecular weight is 253 g/mol. The topological polar surface area (TPSA) is 70.8 Å². The summed E-state index contributed by atoms with van der Waals surface area (Å²) >= 11 is 0. The van der Waals surface area contributed by atoms with E-state index in [0.29, 0.717) is 18.0 Å². The molecule has 1 aromatic carbocycles. The number of carbonyl (C=O) groups excluding carboxylic acids is 1. The van der Waals surface area contributed by atoms with E-state index in [-0.39, 0.29) is 25.1 Å². The Hall–Kier alpha value is -1.75. The third kappa shape index (κ3) is 5.54. The average Bonchev–Trinajstić information content (AvgIpc) is 2.32. The molecule has 0 amide bonds. The molecule has 0 radical (unpaired) electrons. The van der Waals surface area contributed by atoms with Crippen LogP contribution in [-0.4, -0.2) is 32.4 Å². The van der Waals surface area contributed by atoms with E-state index in [1.54, 1.807) is 38.3 Å². The van der Waals surface area contributed by atoms with Gasteiger partial charge in [-0.05, 0) is 31.2 Å². The number of benzene rings is 1. The van der Waals surface area contributed by atoms with Crippen LogP contribution in [0, 0.1) is 0 Å². The first kappa shape index (κ1) is 14.3. The van der Waals surface area contributed by atoms with Gasteiger partial charge in [0.25, 0.3) is 0 Å². The number of esters is 1. The van der Waals surface area contributed by atoms with Gasteiger partial charge in [-0.2, -0.15) is 0 Å². The van der Waals surface area contributed by atoms with E-state index in [1.165, 1.54) is 0 Å². The fourth-order valence-electron chi connectivity index (χ4n) is 1.37. The molecule has 1 unspecified atom stereocenters. The van der Waals surface area contributed by atoms with Crippen LogP contribution in [0.2, 0.25) is 0 Å². The third-order valence-electron chi connectivity index (χ3n) is 2.19. The molecule has 0 aliphatic carbocycles. The normalized spacial score (nSPS) is 11.9. The minimum absolute atomic E-state index is 0.207. The Labute approximate surface area is 107 Å². The Bertz CT molecular complexity index is 364. The maximum atomic E-state index is 11.4. The highest BCUT2D eigenvalue weighted by Gasteiger charge is 2.09. The summed E-state index contributed by atoms with van der Waals surface area (Å²) in [6, 6.07) is 7.01. The van der Waals surface area contributed by atoms with E-state index >= 15 is 0 Å². The Kier molecular flexibility index (Phi) is 6.00. The molecule has 0 saturated carbocycles. The van der Waals surface area contributed by atoms with Gasteiger partial charge in [-0.3, -0.25) is 4.79 Å². The molecule has 0 aliphatic rings. The van der Waals surface area contributed by atoms with Crippen LogP contribution in [0.4, 0.5) is 5.69 Å². The van der Waals surface area contributed by atoms with Gasteiger partial charge in [-0.25, -0.2) is 0 Å². The van der Waals surface area contributed by atoms with Gasteiger partial charge >= 0.3 is 5.97 Å². The van der Waals surface area contributed by atoms with Crippen molar-refractivity contribution in [2.75, 3.05) is 26.1 Å². The van der Waals surface area contributed by atoms with Crippen LogP contribution in [0.5, 0.6) is 5.75 Å². The third-order valence-corrected chi connectivity index (χ3v) is 2.19. The van der Waals surface area contributed by atoms with Crippen molar-refractivity contribution in [1.29, 1.82) is 0 Å². The second-order valence-corrected chi connectivity index (χ2v) is 3.92. The number of nitrogen functional groups attached to an aromatic ring is 1. The van der Waals surface area contributed by atoms with Gasteiger partial charge in [-0.15, -0.1) is 0 Å². The Morgan fingerprint density at radius 3 is 2.61 bits per heavy atom. The summed E-state index contributed by atoms with van der Waals surface area (Å²) in [6.45, 7) is 2.45. The monoisotopic (exact) mass is 253 g/mol. The van der Waals surface area contributed by atoms with Crippen LogP contribution in [0.25, 0.3) is 0 Å². The largest absolute Gasteiger partial charge is 0.493 e. The van der Waals surface area contributed by atoms with Crippen LogP contribution >= 0.6 is 0 Å². The van der Waals surface area contributed by atoms with Crippen molar-refractivity contribution in [2.45, 2.75) is 19.4 Å². The van der Waals surface area contributed by atoms with E-state index in [2.05, 4.69) is 0 Å². The number of methoxy groups -OCH3 is 1. The Balaban J connectivity index is 2.21. The van der Waals surface area contributed by atoms with Crippen molar-refractivity contribution in [2.24, 2.45) is 0 Å². The van der Waals surface area contributed by atoms with Crippen LogP contribution in [0.15, 0.2) is 24.3 Å². The standard InChI is InChI=1S/C13H19NO4/c1-10(9-16-2)18-13(15)7-8-17-12-5-3-11(14)4-6-12/h3-6,10H,7-9,14H2,1-2H3. The van der Waals surface area contributed by atoms with Crippen molar-refractivity contribution in [3.63, 3.8) is 0 Å². The van der Waals surface area contributed by atoms with Crippen LogP contribution in [0.1, 0.15) is 13.3 Å². The fraction of sp³-hybridized carbons (Fsp3) is 0.462. The molecule has 1 aromatic rings. The lowest BCUT2D eigenvalue weighted by molar-refractivity contribution is -0.151. The fourth-order valence-corrected chi connectivity index (χ4v) is 1.37. The molecule has 0 heterocycles. The SMILES string of the molecule is COCC(C)OC(=O)CCOc1ccc(N)cc1. The number of rotatable bonds is 7. The molecule has 5 nitrogen and oxygen atoms in total. The highest BCUT2D eigenvalue weighted by Crippen LogP contribution is 2.13. The molecule has 2 N–H and O–H groups in total.